The van der Waals surface area contributed by atoms with Crippen LogP contribution in [0.4, 0.5) is 43.8 Å². The van der Waals surface area contributed by atoms with Gasteiger partial charge in [-0.25, -0.2) is 14.6 Å². The van der Waals surface area contributed by atoms with Crippen LogP contribution in [-0.4, -0.2) is 95.1 Å². The molecule has 0 atom stereocenters. The largest absolute Gasteiger partial charge is 0.490 e. The number of hydrogen-bond donors (Lipinski definition) is 4. The molecule has 1 saturated carbocycles. The van der Waals surface area contributed by atoms with Crippen molar-refractivity contribution in [2.24, 2.45) is 0 Å². The monoisotopic (exact) mass is 692 g/mol. The molecule has 1 heterocycles. The van der Waals surface area contributed by atoms with Gasteiger partial charge in [0.05, 0.1) is 16.6 Å². The molecular formula is C26H32Cl2F6N6O5. The van der Waals surface area contributed by atoms with Crippen molar-refractivity contribution in [1.29, 1.82) is 0 Å². The summed E-state index contributed by atoms with van der Waals surface area (Å²) in [5.74, 6) is -3.98. The van der Waals surface area contributed by atoms with Gasteiger partial charge in [0.15, 0.2) is 0 Å². The number of hydrogen-bond acceptors (Lipinski definition) is 8. The van der Waals surface area contributed by atoms with Crippen LogP contribution in [0, 0.1) is 6.92 Å². The molecule has 11 nitrogen and oxygen atoms in total. The van der Waals surface area contributed by atoms with E-state index in [0.717, 1.165) is 37.1 Å². The van der Waals surface area contributed by atoms with Crippen molar-refractivity contribution in [2.45, 2.75) is 57.0 Å². The van der Waals surface area contributed by atoms with Crippen LogP contribution in [0.5, 0.6) is 0 Å². The number of alkyl halides is 6. The van der Waals surface area contributed by atoms with Gasteiger partial charge in [0.25, 0.3) is 0 Å². The van der Waals surface area contributed by atoms with Gasteiger partial charge in [0.2, 0.25) is 11.9 Å². The highest BCUT2D eigenvalue weighted by atomic mass is 35.5. The van der Waals surface area contributed by atoms with E-state index in [1.807, 2.05) is 39.2 Å². The standard InChI is InChI=1S/C22H30Cl2N6O.2C2HF3O2/c1-14-12-25-22(28-21(14)29(2)3)27-15-5-8-17(9-6-15)30(4)13-20(31)26-16-7-10-18(23)19(24)11-16;2*3-2(4,5)1(6)7/h7,10-12,15,17H,5-6,8-9,13H2,1-4H3,(H,26,31)(H,25,27,28);2*(H,6,7)/t15-,17+;;. The van der Waals surface area contributed by atoms with Crippen molar-refractivity contribution in [3.8, 4) is 0 Å². The zero-order chi connectivity index (χ0) is 34.7. The predicted octanol–water partition coefficient (Wildman–Crippen LogP) is 5.72. The first kappa shape index (κ1) is 39.5. The topological polar surface area (TPSA) is 148 Å². The van der Waals surface area contributed by atoms with Gasteiger partial charge in [-0.05, 0) is 57.9 Å². The van der Waals surface area contributed by atoms with Crippen molar-refractivity contribution >= 4 is 58.5 Å². The molecule has 4 N–H and O–H groups in total. The molecule has 0 bridgehead atoms. The van der Waals surface area contributed by atoms with E-state index in [4.69, 9.17) is 43.0 Å². The van der Waals surface area contributed by atoms with E-state index in [2.05, 4.69) is 25.5 Å². The minimum atomic E-state index is -5.08. The summed E-state index contributed by atoms with van der Waals surface area (Å²) in [4.78, 5) is 43.4. The summed E-state index contributed by atoms with van der Waals surface area (Å²) in [5, 5.41) is 21.5. The molecule has 1 aromatic carbocycles. The number of carboxylic acid groups (broad SMARTS) is 2. The number of rotatable bonds is 7. The van der Waals surface area contributed by atoms with Gasteiger partial charge >= 0.3 is 24.3 Å². The molecule has 0 aliphatic heterocycles. The van der Waals surface area contributed by atoms with Crippen molar-refractivity contribution in [3.05, 3.63) is 40.0 Å². The number of nitrogens with zero attached hydrogens (tertiary/aromatic N) is 4. The zero-order valence-corrected chi connectivity index (χ0v) is 25.9. The Kier molecular flexibility index (Phi) is 15.1. The molecule has 0 radical (unpaired) electrons. The minimum Gasteiger partial charge on any atom is -0.475 e. The van der Waals surface area contributed by atoms with Gasteiger partial charge in [-0.2, -0.15) is 31.3 Å². The number of benzene rings is 1. The van der Waals surface area contributed by atoms with Crippen LogP contribution in [0.1, 0.15) is 31.2 Å². The molecule has 1 amide bonds. The lowest BCUT2D eigenvalue weighted by atomic mass is 9.90. The number of anilines is 3. The molecule has 0 saturated heterocycles. The Bertz CT molecular complexity index is 1280. The Morgan fingerprint density at radius 2 is 1.44 bits per heavy atom. The number of carbonyl (C=O) groups is 3. The minimum absolute atomic E-state index is 0.0644. The molecular weight excluding hydrogens is 661 g/mol. The van der Waals surface area contributed by atoms with Crippen molar-refractivity contribution < 1.29 is 50.9 Å². The summed E-state index contributed by atoms with van der Waals surface area (Å²) >= 11 is 11.9. The van der Waals surface area contributed by atoms with Crippen LogP contribution in [0.3, 0.4) is 0 Å². The van der Waals surface area contributed by atoms with Crippen LogP contribution in [0.2, 0.25) is 10.0 Å². The molecule has 45 heavy (non-hydrogen) atoms. The van der Waals surface area contributed by atoms with E-state index in [1.165, 1.54) is 0 Å². The first-order chi connectivity index (χ1) is 20.6. The van der Waals surface area contributed by atoms with Gasteiger partial charge < -0.3 is 25.7 Å². The zero-order valence-electron chi connectivity index (χ0n) is 24.4. The first-order valence-corrected chi connectivity index (χ1v) is 13.7. The summed E-state index contributed by atoms with van der Waals surface area (Å²) in [6.07, 6.45) is -4.26. The SMILES string of the molecule is Cc1cnc(N[C@H]2CC[C@@H](N(C)CC(=O)Nc3ccc(Cl)c(Cl)c3)CC2)nc1N(C)C.O=C(O)C(F)(F)F.O=C(O)C(F)(F)F. The quantitative estimate of drug-likeness (QED) is 0.266. The second-order valence-electron chi connectivity index (χ2n) is 9.94. The van der Waals surface area contributed by atoms with E-state index in [9.17, 15) is 31.1 Å². The fraction of sp³-hybridized carbons (Fsp3) is 0.500. The highest BCUT2D eigenvalue weighted by Gasteiger charge is 2.39. The second kappa shape index (κ2) is 17.2. The van der Waals surface area contributed by atoms with Crippen molar-refractivity contribution in [3.63, 3.8) is 0 Å². The summed E-state index contributed by atoms with van der Waals surface area (Å²) in [7, 11) is 5.97. The molecule has 1 aliphatic carbocycles. The van der Waals surface area contributed by atoms with Crippen molar-refractivity contribution in [1.82, 2.24) is 14.9 Å². The summed E-state index contributed by atoms with van der Waals surface area (Å²) < 4.78 is 63.5. The Morgan fingerprint density at radius 3 is 1.89 bits per heavy atom. The lowest BCUT2D eigenvalue weighted by Gasteiger charge is -2.34. The molecule has 0 unspecified atom stereocenters. The van der Waals surface area contributed by atoms with E-state index < -0.39 is 24.3 Å². The maximum absolute atomic E-state index is 12.4. The van der Waals surface area contributed by atoms with Crippen LogP contribution < -0.4 is 15.5 Å². The molecule has 0 spiro atoms. The molecule has 1 aromatic heterocycles. The third-order valence-electron chi connectivity index (χ3n) is 6.10. The molecule has 2 aromatic rings. The molecule has 1 aliphatic rings. The van der Waals surface area contributed by atoms with Crippen LogP contribution in [0.15, 0.2) is 24.4 Å². The predicted molar refractivity (Wildman–Crippen MR) is 156 cm³/mol. The van der Waals surface area contributed by atoms with Gasteiger partial charge in [0, 0.05) is 43.6 Å². The normalized spacial score (nSPS) is 16.4. The highest BCUT2D eigenvalue weighted by molar-refractivity contribution is 6.42. The average molecular weight is 693 g/mol. The summed E-state index contributed by atoms with van der Waals surface area (Å²) in [6.45, 7) is 2.34. The van der Waals surface area contributed by atoms with E-state index in [1.54, 1.807) is 18.2 Å². The van der Waals surface area contributed by atoms with E-state index in [0.29, 0.717) is 40.3 Å². The fourth-order valence-corrected chi connectivity index (χ4v) is 4.23. The number of carboxylic acids is 2. The van der Waals surface area contributed by atoms with Gasteiger partial charge in [-0.3, -0.25) is 9.69 Å². The number of amides is 1. The number of likely N-dealkylation sites (N-methyl/N-ethyl adjacent to an activating group) is 1. The number of halogens is 8. The molecule has 3 rings (SSSR count). The molecule has 19 heteroatoms. The maximum Gasteiger partial charge on any atom is 0.490 e. The number of aromatic nitrogens is 2. The Labute approximate surface area is 264 Å². The van der Waals surface area contributed by atoms with Crippen molar-refractivity contribution in [2.75, 3.05) is 43.2 Å². The number of aryl methyl sites for hydroxylation is 1. The highest BCUT2D eigenvalue weighted by Crippen LogP contribution is 2.27. The van der Waals surface area contributed by atoms with Crippen LogP contribution in [0.25, 0.3) is 0 Å². The molecule has 252 valence electrons. The summed E-state index contributed by atoms with van der Waals surface area (Å²) in [6, 6.07) is 5.79. The third kappa shape index (κ3) is 14.4. The summed E-state index contributed by atoms with van der Waals surface area (Å²) in [5.41, 5.74) is 1.70. The maximum atomic E-state index is 12.4. The lowest BCUT2D eigenvalue weighted by molar-refractivity contribution is -0.193. The third-order valence-corrected chi connectivity index (χ3v) is 6.84. The Morgan fingerprint density at radius 1 is 0.933 bits per heavy atom. The Balaban J connectivity index is 0.000000601. The Hall–Kier alpha value is -3.57. The lowest BCUT2D eigenvalue weighted by Crippen LogP contribution is -2.42. The average Bonchev–Trinajstić information content (AvgIpc) is 2.91. The van der Waals surface area contributed by atoms with Gasteiger partial charge in [-0.1, -0.05) is 23.2 Å². The smallest absolute Gasteiger partial charge is 0.475 e. The van der Waals surface area contributed by atoms with Gasteiger partial charge in [0.1, 0.15) is 5.82 Å². The fourth-order valence-electron chi connectivity index (χ4n) is 3.93. The number of nitrogens with one attached hydrogen (secondary N) is 2. The number of aliphatic carboxylic acids is 2. The molecule has 1 fully saturated rings. The van der Waals surface area contributed by atoms with E-state index in [-0.39, 0.29) is 5.91 Å². The van der Waals surface area contributed by atoms with Crippen LogP contribution >= 0.6 is 23.2 Å². The van der Waals surface area contributed by atoms with Crippen LogP contribution in [-0.2, 0) is 14.4 Å². The van der Waals surface area contributed by atoms with E-state index >= 15 is 0 Å². The number of carbonyl (C=O) groups excluding carboxylic acids is 1. The van der Waals surface area contributed by atoms with Gasteiger partial charge in [-0.15, -0.1) is 0 Å². The second-order valence-corrected chi connectivity index (χ2v) is 10.8. The first-order valence-electron chi connectivity index (χ1n) is 12.9.